The van der Waals surface area contributed by atoms with E-state index in [1.54, 1.807) is 24.3 Å². The van der Waals surface area contributed by atoms with Gasteiger partial charge in [-0.25, -0.2) is 14.6 Å². The zero-order chi connectivity index (χ0) is 28.8. The molecule has 214 valence electrons. The Balaban J connectivity index is 1.14. The van der Waals surface area contributed by atoms with Gasteiger partial charge in [0.25, 0.3) is 5.91 Å². The number of hydrogen-bond acceptors (Lipinski definition) is 7. The van der Waals surface area contributed by atoms with Crippen LogP contribution < -0.4 is 10.6 Å². The molecule has 0 spiro atoms. The Morgan fingerprint density at radius 1 is 1.00 bits per heavy atom. The summed E-state index contributed by atoms with van der Waals surface area (Å²) < 4.78 is 5.43. The number of rotatable bonds is 7. The topological polar surface area (TPSA) is 141 Å². The largest absolute Gasteiger partial charge is 0.465 e. The van der Waals surface area contributed by atoms with Crippen molar-refractivity contribution in [2.24, 2.45) is 0 Å². The molecule has 2 unspecified atom stereocenters. The summed E-state index contributed by atoms with van der Waals surface area (Å²) in [5.74, 6) is -0.570. The van der Waals surface area contributed by atoms with Gasteiger partial charge in [-0.3, -0.25) is 14.5 Å². The fraction of sp³-hybridized carbons (Fsp3) is 0.345. The number of nitrogens with one attached hydrogen (secondary N) is 2. The molecule has 0 bridgehead atoms. The summed E-state index contributed by atoms with van der Waals surface area (Å²) in [6, 6.07) is 15.5. The van der Waals surface area contributed by atoms with Gasteiger partial charge in [-0.05, 0) is 43.4 Å². The van der Waals surface area contributed by atoms with Crippen LogP contribution in [0.2, 0.25) is 0 Å². The molecule has 5 rings (SSSR count). The molecule has 2 atom stereocenters. The zero-order valence-electron chi connectivity index (χ0n) is 22.3. The first-order chi connectivity index (χ1) is 19.9. The molecule has 3 heterocycles. The van der Waals surface area contributed by atoms with E-state index in [9.17, 15) is 24.3 Å². The number of hydrogen-bond donors (Lipinski definition) is 3. The summed E-state index contributed by atoms with van der Waals surface area (Å²) in [4.78, 5) is 56.9. The number of carbonyl (C=O) groups is 4. The molecule has 3 N–H and O–H groups in total. The molecule has 2 aliphatic rings. The number of carbonyl (C=O) groups excluding carboxylic acids is 3. The van der Waals surface area contributed by atoms with Crippen molar-refractivity contribution in [2.45, 2.75) is 44.4 Å². The number of piperidine rings is 1. The number of benzene rings is 2. The predicted octanol–water partition coefficient (Wildman–Crippen LogP) is 4.42. The SMILES string of the molecule is O=C(NC1CCCN(C(=O)O)C1)c1ccc(-c2csc(NC(=O)C3CCCN3C(=O)OCc3ccccc3)n2)cc1. The molecule has 2 aliphatic heterocycles. The van der Waals surface area contributed by atoms with Crippen LogP contribution in [0.5, 0.6) is 0 Å². The second kappa shape index (κ2) is 12.8. The average molecular weight is 578 g/mol. The van der Waals surface area contributed by atoms with Gasteiger partial charge < -0.3 is 25.4 Å². The van der Waals surface area contributed by atoms with Gasteiger partial charge in [-0.2, -0.15) is 0 Å². The number of ether oxygens (including phenoxy) is 1. The quantitative estimate of drug-likeness (QED) is 0.377. The Morgan fingerprint density at radius 3 is 2.51 bits per heavy atom. The normalized spacial score (nSPS) is 18.5. The van der Waals surface area contributed by atoms with Crippen LogP contribution in [0.15, 0.2) is 60.0 Å². The second-order valence-corrected chi connectivity index (χ2v) is 10.9. The minimum absolute atomic E-state index is 0.144. The average Bonchev–Trinajstić information content (AvgIpc) is 3.67. The molecule has 11 nitrogen and oxygen atoms in total. The molecule has 1 aromatic heterocycles. The predicted molar refractivity (Wildman–Crippen MR) is 153 cm³/mol. The lowest BCUT2D eigenvalue weighted by atomic mass is 10.0. The molecule has 41 heavy (non-hydrogen) atoms. The number of thiazole rings is 1. The minimum Gasteiger partial charge on any atom is -0.465 e. The summed E-state index contributed by atoms with van der Waals surface area (Å²) >= 11 is 1.28. The van der Waals surface area contributed by atoms with Crippen LogP contribution in [-0.2, 0) is 16.1 Å². The van der Waals surface area contributed by atoms with E-state index in [0.717, 1.165) is 17.5 Å². The molecule has 2 saturated heterocycles. The molecule has 0 aliphatic carbocycles. The first-order valence-corrected chi connectivity index (χ1v) is 14.4. The highest BCUT2D eigenvalue weighted by molar-refractivity contribution is 7.14. The molecular formula is C29H31N5O6S. The summed E-state index contributed by atoms with van der Waals surface area (Å²) in [6.45, 7) is 1.35. The van der Waals surface area contributed by atoms with Crippen molar-refractivity contribution in [3.63, 3.8) is 0 Å². The first-order valence-electron chi connectivity index (χ1n) is 13.5. The maximum absolute atomic E-state index is 13.0. The van der Waals surface area contributed by atoms with E-state index < -0.39 is 18.2 Å². The molecule has 2 fully saturated rings. The van der Waals surface area contributed by atoms with Crippen LogP contribution in [0.25, 0.3) is 11.3 Å². The fourth-order valence-electron chi connectivity index (χ4n) is 5.04. The molecule has 0 saturated carbocycles. The summed E-state index contributed by atoms with van der Waals surface area (Å²) in [5.41, 5.74) is 2.76. The van der Waals surface area contributed by atoms with Crippen molar-refractivity contribution >= 4 is 40.5 Å². The number of likely N-dealkylation sites (tertiary alicyclic amines) is 2. The second-order valence-electron chi connectivity index (χ2n) is 10.0. The Morgan fingerprint density at radius 2 is 1.76 bits per heavy atom. The molecule has 12 heteroatoms. The van der Waals surface area contributed by atoms with E-state index in [0.29, 0.717) is 48.7 Å². The highest BCUT2D eigenvalue weighted by Crippen LogP contribution is 2.27. The van der Waals surface area contributed by atoms with Crippen LogP contribution in [0.4, 0.5) is 14.7 Å². The van der Waals surface area contributed by atoms with Crippen molar-refractivity contribution in [1.29, 1.82) is 0 Å². The van der Waals surface area contributed by atoms with Gasteiger partial charge in [0.1, 0.15) is 12.6 Å². The van der Waals surface area contributed by atoms with E-state index in [4.69, 9.17) is 4.74 Å². The van der Waals surface area contributed by atoms with Crippen LogP contribution in [-0.4, -0.2) is 75.6 Å². The van der Waals surface area contributed by atoms with Gasteiger partial charge in [0.15, 0.2) is 5.13 Å². The zero-order valence-corrected chi connectivity index (χ0v) is 23.1. The number of aromatic nitrogens is 1. The van der Waals surface area contributed by atoms with Crippen LogP contribution in [0.3, 0.4) is 0 Å². The van der Waals surface area contributed by atoms with Gasteiger partial charge >= 0.3 is 12.2 Å². The molecule has 4 amide bonds. The van der Waals surface area contributed by atoms with Crippen molar-refractivity contribution in [3.05, 3.63) is 71.1 Å². The van der Waals surface area contributed by atoms with E-state index in [-0.39, 0.29) is 31.0 Å². The van der Waals surface area contributed by atoms with Crippen LogP contribution in [0, 0.1) is 0 Å². The van der Waals surface area contributed by atoms with Gasteiger partial charge in [0, 0.05) is 42.2 Å². The number of anilines is 1. The number of nitrogens with zero attached hydrogens (tertiary/aromatic N) is 3. The lowest BCUT2D eigenvalue weighted by molar-refractivity contribution is -0.120. The van der Waals surface area contributed by atoms with Gasteiger partial charge in [0.05, 0.1) is 5.69 Å². The third-order valence-electron chi connectivity index (χ3n) is 7.20. The van der Waals surface area contributed by atoms with E-state index in [2.05, 4.69) is 15.6 Å². The highest BCUT2D eigenvalue weighted by Gasteiger charge is 2.35. The first kappa shape index (κ1) is 28.1. The van der Waals surface area contributed by atoms with Gasteiger partial charge in [0.2, 0.25) is 5.91 Å². The third-order valence-corrected chi connectivity index (χ3v) is 7.96. The molecular weight excluding hydrogens is 546 g/mol. The van der Waals surface area contributed by atoms with Crippen molar-refractivity contribution in [3.8, 4) is 11.3 Å². The van der Waals surface area contributed by atoms with Crippen LogP contribution >= 0.6 is 11.3 Å². The Bertz CT molecular complexity index is 1400. The van der Waals surface area contributed by atoms with E-state index in [1.807, 2.05) is 35.7 Å². The van der Waals surface area contributed by atoms with Gasteiger partial charge in [-0.15, -0.1) is 11.3 Å². The van der Waals surface area contributed by atoms with Crippen molar-refractivity contribution in [1.82, 2.24) is 20.1 Å². The lowest BCUT2D eigenvalue weighted by Gasteiger charge is -2.31. The number of carboxylic acid groups (broad SMARTS) is 1. The lowest BCUT2D eigenvalue weighted by Crippen LogP contribution is -2.49. The molecule has 2 aromatic carbocycles. The fourth-order valence-corrected chi connectivity index (χ4v) is 5.76. The Hall–Kier alpha value is -4.45. The maximum atomic E-state index is 13.0. The third kappa shape index (κ3) is 7.01. The van der Waals surface area contributed by atoms with E-state index >= 15 is 0 Å². The molecule has 0 radical (unpaired) electrons. The van der Waals surface area contributed by atoms with Crippen LogP contribution in [0.1, 0.15) is 41.6 Å². The van der Waals surface area contributed by atoms with Gasteiger partial charge in [-0.1, -0.05) is 42.5 Å². The van der Waals surface area contributed by atoms with Crippen molar-refractivity contribution < 1.29 is 29.0 Å². The van der Waals surface area contributed by atoms with E-state index in [1.165, 1.54) is 21.1 Å². The standard InChI is InChI=1S/C29H31N5O6S/c35-25(30-22-8-4-14-33(16-22)28(37)38)21-12-10-20(11-13-21)23-18-41-27(31-23)32-26(36)24-9-5-15-34(24)29(39)40-17-19-6-2-1-3-7-19/h1-3,6-7,10-13,18,22,24H,4-5,8-9,14-17H2,(H,30,35)(H,37,38)(H,31,32,36). The monoisotopic (exact) mass is 577 g/mol. The summed E-state index contributed by atoms with van der Waals surface area (Å²) in [5, 5.41) is 17.2. The maximum Gasteiger partial charge on any atom is 0.410 e. The smallest absolute Gasteiger partial charge is 0.410 e. The highest BCUT2D eigenvalue weighted by atomic mass is 32.1. The minimum atomic E-state index is -0.978. The summed E-state index contributed by atoms with van der Waals surface area (Å²) in [7, 11) is 0. The Labute approximate surface area is 241 Å². The Kier molecular flexibility index (Phi) is 8.78. The number of amides is 4. The molecule has 3 aromatic rings. The van der Waals surface area contributed by atoms with Crippen molar-refractivity contribution in [2.75, 3.05) is 25.0 Å². The summed E-state index contributed by atoms with van der Waals surface area (Å²) in [6.07, 6.45) is 1.19.